The van der Waals surface area contributed by atoms with E-state index < -0.39 is 9.83 Å². The summed E-state index contributed by atoms with van der Waals surface area (Å²) >= 11 is 0. The summed E-state index contributed by atoms with van der Waals surface area (Å²) in [5, 5.41) is 0. The predicted octanol–water partition coefficient (Wildman–Crippen LogP) is 3.81. The number of benzene rings is 2. The molecule has 2 aromatic carbocycles. The molecule has 1 atom stereocenters. The van der Waals surface area contributed by atoms with Gasteiger partial charge in [0.1, 0.15) is 9.83 Å². The third-order valence-electron chi connectivity index (χ3n) is 2.13. The molecule has 1 unspecified atom stereocenters. The summed E-state index contributed by atoms with van der Waals surface area (Å²) in [5.41, 5.74) is 1.22. The zero-order chi connectivity index (χ0) is 11.4. The third kappa shape index (κ3) is 2.97. The fraction of sp³-hybridized carbons (Fsp3) is 0.0769. The van der Waals surface area contributed by atoms with Gasteiger partial charge in [0.2, 0.25) is 0 Å². The first kappa shape index (κ1) is 11.4. The molecule has 0 radical (unpaired) electrons. The lowest BCUT2D eigenvalue weighted by Crippen LogP contribution is -1.84. The first-order valence-electron chi connectivity index (χ1n) is 4.97. The Bertz CT molecular complexity index is 477. The summed E-state index contributed by atoms with van der Waals surface area (Å²) in [6, 6.07) is 17.6. The van der Waals surface area contributed by atoms with Gasteiger partial charge in [-0.15, -0.1) is 0 Å². The average molecular weight is 248 g/mol. The molecule has 0 fully saturated rings. The van der Waals surface area contributed by atoms with Gasteiger partial charge < -0.3 is 0 Å². The molecular weight excluding hydrogens is 236 g/mol. The lowest BCUT2D eigenvalue weighted by molar-refractivity contribution is 0.691. The molecule has 0 N–H and O–H groups in total. The second kappa shape index (κ2) is 5.32. The highest BCUT2D eigenvalue weighted by Gasteiger charge is 2.04. The predicted molar refractivity (Wildman–Crippen MR) is 69.9 cm³/mol. The molecule has 2 rings (SSSR count). The molecule has 0 aliphatic rings. The van der Waals surface area contributed by atoms with Crippen molar-refractivity contribution in [2.75, 3.05) is 0 Å². The van der Waals surface area contributed by atoms with E-state index in [9.17, 15) is 4.21 Å². The topological polar surface area (TPSA) is 17.1 Å². The smallest absolute Gasteiger partial charge is 0.117 e. The Kier molecular flexibility index (Phi) is 3.80. The molecule has 16 heavy (non-hydrogen) atoms. The van der Waals surface area contributed by atoms with Gasteiger partial charge in [-0.25, -0.2) is 4.21 Å². The zero-order valence-electron chi connectivity index (χ0n) is 8.92. The SMILES string of the molecule is Cc1ccc(SS(=O)c2ccccc2)cc1. The van der Waals surface area contributed by atoms with E-state index in [1.807, 2.05) is 61.5 Å². The minimum Gasteiger partial charge on any atom is -0.242 e. The molecule has 0 bridgehead atoms. The van der Waals surface area contributed by atoms with Crippen LogP contribution in [0.5, 0.6) is 0 Å². The van der Waals surface area contributed by atoms with E-state index in [0.29, 0.717) is 0 Å². The highest BCUT2D eigenvalue weighted by Crippen LogP contribution is 2.26. The van der Waals surface area contributed by atoms with Gasteiger partial charge in [-0.05, 0) is 42.0 Å². The van der Waals surface area contributed by atoms with E-state index >= 15 is 0 Å². The van der Waals surface area contributed by atoms with Crippen LogP contribution in [0.15, 0.2) is 64.4 Å². The van der Waals surface area contributed by atoms with Crippen molar-refractivity contribution >= 4 is 20.6 Å². The molecule has 0 aromatic heterocycles. The van der Waals surface area contributed by atoms with Crippen LogP contribution in [0.2, 0.25) is 0 Å². The van der Waals surface area contributed by atoms with Crippen LogP contribution in [-0.2, 0) is 9.83 Å². The minimum atomic E-state index is -1.02. The molecule has 1 nitrogen and oxygen atoms in total. The largest absolute Gasteiger partial charge is 0.242 e. The molecule has 0 amide bonds. The monoisotopic (exact) mass is 248 g/mol. The molecule has 0 aliphatic heterocycles. The molecule has 82 valence electrons. The van der Waals surface area contributed by atoms with Crippen molar-refractivity contribution in [1.29, 1.82) is 0 Å². The normalized spacial score (nSPS) is 12.3. The zero-order valence-corrected chi connectivity index (χ0v) is 10.6. The molecular formula is C13H12OS2. The summed E-state index contributed by atoms with van der Waals surface area (Å²) in [5.74, 6) is 0. The molecule has 0 saturated carbocycles. The van der Waals surface area contributed by atoms with Gasteiger partial charge in [-0.1, -0.05) is 35.9 Å². The summed E-state index contributed by atoms with van der Waals surface area (Å²) in [6.45, 7) is 2.04. The minimum absolute atomic E-state index is 0.855. The number of hydrogen-bond donors (Lipinski definition) is 0. The molecule has 0 heterocycles. The van der Waals surface area contributed by atoms with Crippen LogP contribution in [0.3, 0.4) is 0 Å². The summed E-state index contributed by atoms with van der Waals surface area (Å²) in [6.07, 6.45) is 0. The Morgan fingerprint density at radius 3 is 2.19 bits per heavy atom. The van der Waals surface area contributed by atoms with Gasteiger partial charge in [0.15, 0.2) is 0 Å². The van der Waals surface area contributed by atoms with Gasteiger partial charge in [0, 0.05) is 9.79 Å². The molecule has 0 aliphatic carbocycles. The Balaban J connectivity index is 2.11. The first-order chi connectivity index (χ1) is 7.75. The van der Waals surface area contributed by atoms with Gasteiger partial charge in [0.25, 0.3) is 0 Å². The number of hydrogen-bond acceptors (Lipinski definition) is 2. The van der Waals surface area contributed by atoms with Gasteiger partial charge in [-0.3, -0.25) is 0 Å². The van der Waals surface area contributed by atoms with Crippen molar-refractivity contribution in [2.45, 2.75) is 16.7 Å². The fourth-order valence-corrected chi connectivity index (χ4v) is 3.64. The standard InChI is InChI=1S/C13H12OS2/c1-11-7-9-12(10-8-11)15-16(14)13-5-3-2-4-6-13/h2-10H,1H3. The lowest BCUT2D eigenvalue weighted by Gasteiger charge is -2.01. The fourth-order valence-electron chi connectivity index (χ4n) is 1.26. The van der Waals surface area contributed by atoms with Crippen molar-refractivity contribution < 1.29 is 4.21 Å². The Labute approximate surface area is 102 Å². The van der Waals surface area contributed by atoms with Crippen molar-refractivity contribution in [1.82, 2.24) is 0 Å². The van der Waals surface area contributed by atoms with E-state index in [-0.39, 0.29) is 0 Å². The van der Waals surface area contributed by atoms with Crippen molar-refractivity contribution in [2.24, 2.45) is 0 Å². The van der Waals surface area contributed by atoms with E-state index in [0.717, 1.165) is 9.79 Å². The maximum atomic E-state index is 12.0. The molecule has 0 saturated heterocycles. The first-order valence-corrected chi connectivity index (χ1v) is 7.46. The number of aryl methyl sites for hydroxylation is 1. The van der Waals surface area contributed by atoms with E-state index in [1.54, 1.807) is 0 Å². The van der Waals surface area contributed by atoms with Gasteiger partial charge >= 0.3 is 0 Å². The summed E-state index contributed by atoms with van der Waals surface area (Å²) < 4.78 is 12.0. The third-order valence-corrected chi connectivity index (χ3v) is 5.01. The summed E-state index contributed by atoms with van der Waals surface area (Å²) in [4.78, 5) is 1.89. The Morgan fingerprint density at radius 2 is 1.56 bits per heavy atom. The van der Waals surface area contributed by atoms with E-state index in [4.69, 9.17) is 0 Å². The Hall–Kier alpha value is -1.06. The van der Waals surface area contributed by atoms with Crippen LogP contribution in [0.1, 0.15) is 5.56 Å². The van der Waals surface area contributed by atoms with E-state index in [2.05, 4.69) is 0 Å². The highest BCUT2D eigenvalue weighted by atomic mass is 33.1. The highest BCUT2D eigenvalue weighted by molar-refractivity contribution is 8.69. The van der Waals surface area contributed by atoms with Gasteiger partial charge in [0.05, 0.1) is 0 Å². The lowest BCUT2D eigenvalue weighted by atomic mass is 10.2. The number of rotatable bonds is 3. The van der Waals surface area contributed by atoms with Crippen LogP contribution >= 0.6 is 10.8 Å². The second-order valence-corrected chi connectivity index (χ2v) is 6.43. The van der Waals surface area contributed by atoms with Gasteiger partial charge in [-0.2, -0.15) is 0 Å². The maximum absolute atomic E-state index is 12.0. The van der Waals surface area contributed by atoms with Crippen LogP contribution in [0.25, 0.3) is 0 Å². The van der Waals surface area contributed by atoms with E-state index in [1.165, 1.54) is 16.4 Å². The maximum Gasteiger partial charge on any atom is 0.117 e. The van der Waals surface area contributed by atoms with Crippen molar-refractivity contribution in [3.8, 4) is 0 Å². The van der Waals surface area contributed by atoms with Crippen LogP contribution in [-0.4, -0.2) is 4.21 Å². The molecule has 2 aromatic rings. The molecule has 0 spiro atoms. The molecule has 3 heteroatoms. The summed E-state index contributed by atoms with van der Waals surface area (Å²) in [7, 11) is 0.353. The van der Waals surface area contributed by atoms with Crippen molar-refractivity contribution in [3.63, 3.8) is 0 Å². The second-order valence-electron chi connectivity index (χ2n) is 3.44. The van der Waals surface area contributed by atoms with Crippen LogP contribution in [0.4, 0.5) is 0 Å². The Morgan fingerprint density at radius 1 is 0.938 bits per heavy atom. The van der Waals surface area contributed by atoms with Crippen LogP contribution < -0.4 is 0 Å². The van der Waals surface area contributed by atoms with Crippen molar-refractivity contribution in [3.05, 3.63) is 60.2 Å². The quantitative estimate of drug-likeness (QED) is 0.768. The average Bonchev–Trinajstić information content (AvgIpc) is 2.33. The van der Waals surface area contributed by atoms with Crippen LogP contribution in [0, 0.1) is 6.92 Å².